The number of nitrogens with zero attached hydrogens (tertiary/aromatic N) is 5. The van der Waals surface area contributed by atoms with Gasteiger partial charge in [-0.1, -0.05) is 149 Å². The number of nitriles is 1. The molecule has 0 fully saturated rings. The van der Waals surface area contributed by atoms with Crippen LogP contribution in [0.3, 0.4) is 0 Å². The number of anilines is 6. The molecule has 0 saturated carbocycles. The van der Waals surface area contributed by atoms with Crippen LogP contribution in [0.5, 0.6) is 0 Å². The highest BCUT2D eigenvalue weighted by atomic mass is 127. The van der Waals surface area contributed by atoms with Crippen molar-refractivity contribution in [3.05, 3.63) is 254 Å². The minimum Gasteiger partial charge on any atom is -0.311 e. The molecule has 0 saturated heterocycles. The van der Waals surface area contributed by atoms with Crippen molar-refractivity contribution in [2.24, 2.45) is 0 Å². The summed E-state index contributed by atoms with van der Waals surface area (Å²) in [5.41, 5.74) is 25.4. The van der Waals surface area contributed by atoms with Gasteiger partial charge in [0.2, 0.25) is 0 Å². The van der Waals surface area contributed by atoms with Crippen molar-refractivity contribution in [2.45, 2.75) is 58.8 Å². The van der Waals surface area contributed by atoms with Crippen LogP contribution in [-0.2, 0) is 6.42 Å². The molecule has 4 heterocycles. The second-order valence-corrected chi connectivity index (χ2v) is 25.3. The van der Waals surface area contributed by atoms with E-state index in [2.05, 4.69) is 315 Å². The Kier molecular flexibility index (Phi) is 13.3. The summed E-state index contributed by atoms with van der Waals surface area (Å²) >= 11 is 5.09. The summed E-state index contributed by atoms with van der Waals surface area (Å²) < 4.78 is 7.29. The van der Waals surface area contributed by atoms with E-state index in [1.807, 2.05) is 6.07 Å². The van der Waals surface area contributed by atoms with Gasteiger partial charge in [0.05, 0.1) is 45.1 Å². The van der Waals surface area contributed by atoms with Crippen LogP contribution in [0.15, 0.2) is 231 Å². The van der Waals surface area contributed by atoms with Crippen LogP contribution in [0.25, 0.3) is 77.2 Å². The topological polar surface area (TPSA) is 40.1 Å². The largest absolute Gasteiger partial charge is 0.311 e. The molecule has 2 aromatic heterocycles. The van der Waals surface area contributed by atoms with E-state index in [0.29, 0.717) is 11.5 Å². The number of fused-ring (bicyclic) bond motifs is 10. The summed E-state index contributed by atoms with van der Waals surface area (Å²) in [6, 6.07) is 88.4. The lowest BCUT2D eigenvalue weighted by atomic mass is 9.33. The Morgan fingerprint density at radius 2 is 0.988 bits per heavy atom. The van der Waals surface area contributed by atoms with Crippen molar-refractivity contribution in [2.75, 3.05) is 9.80 Å². The molecule has 0 aliphatic carbocycles. The molecule has 0 bridgehead atoms. The zero-order valence-corrected chi connectivity index (χ0v) is 51.4. The zero-order valence-electron chi connectivity index (χ0n) is 47.1. The molecule has 2 aliphatic heterocycles. The molecular formula is C76H58BI2N5. The second kappa shape index (κ2) is 21.4. The molecule has 15 rings (SSSR count). The fourth-order valence-corrected chi connectivity index (χ4v) is 15.4. The Bertz CT molecular complexity index is 4800. The number of benzene rings is 11. The van der Waals surface area contributed by atoms with Gasteiger partial charge in [-0.05, 0) is 224 Å². The first-order valence-electron chi connectivity index (χ1n) is 29.5. The average Bonchev–Trinajstić information content (AvgIpc) is 0.961. The zero-order chi connectivity index (χ0) is 56.7. The Morgan fingerprint density at radius 1 is 0.452 bits per heavy atom. The number of hydrogen-bond acceptors (Lipinski definition) is 3. The molecule has 8 heteroatoms. The third-order valence-electron chi connectivity index (χ3n) is 17.7. The van der Waals surface area contributed by atoms with Crippen molar-refractivity contribution in [3.63, 3.8) is 0 Å². The van der Waals surface area contributed by atoms with E-state index in [9.17, 15) is 5.26 Å². The predicted octanol–water partition coefficient (Wildman–Crippen LogP) is 19.6. The highest BCUT2D eigenvalue weighted by Crippen LogP contribution is 2.49. The molecule has 0 N–H and O–H groups in total. The Balaban J connectivity index is 0.971. The number of rotatable bonds is 12. The van der Waals surface area contributed by atoms with Crippen LogP contribution in [0.4, 0.5) is 34.1 Å². The van der Waals surface area contributed by atoms with Crippen LogP contribution < -0.4 is 26.2 Å². The molecule has 0 spiro atoms. The third-order valence-corrected chi connectivity index (χ3v) is 19.0. The maximum atomic E-state index is 10.5. The number of aryl methyl sites for hydroxylation is 1. The van der Waals surface area contributed by atoms with Gasteiger partial charge in [0.25, 0.3) is 6.71 Å². The lowest BCUT2D eigenvalue weighted by Gasteiger charge is -2.44. The van der Waals surface area contributed by atoms with E-state index in [1.165, 1.54) is 90.3 Å². The fourth-order valence-electron chi connectivity index (χ4n) is 14.0. The lowest BCUT2D eigenvalue weighted by Crippen LogP contribution is -2.61. The van der Waals surface area contributed by atoms with Gasteiger partial charge >= 0.3 is 0 Å². The molecule has 84 heavy (non-hydrogen) atoms. The van der Waals surface area contributed by atoms with Crippen LogP contribution >= 0.6 is 45.2 Å². The van der Waals surface area contributed by atoms with E-state index in [0.717, 1.165) is 87.8 Å². The van der Waals surface area contributed by atoms with Crippen molar-refractivity contribution >= 4 is 146 Å². The van der Waals surface area contributed by atoms with Crippen molar-refractivity contribution in [3.8, 4) is 39.7 Å². The van der Waals surface area contributed by atoms with Crippen LogP contribution in [0.2, 0.25) is 0 Å². The summed E-state index contributed by atoms with van der Waals surface area (Å²) in [7, 11) is 0. The Morgan fingerprint density at radius 3 is 1.61 bits per heavy atom. The first kappa shape index (κ1) is 52.4. The third kappa shape index (κ3) is 8.59. The quantitative estimate of drug-likeness (QED) is 0.0904. The van der Waals surface area contributed by atoms with Gasteiger partial charge in [-0.25, -0.2) is 0 Å². The van der Waals surface area contributed by atoms with Gasteiger partial charge in [0.15, 0.2) is 0 Å². The van der Waals surface area contributed by atoms with Gasteiger partial charge < -0.3 is 18.9 Å². The first-order valence-corrected chi connectivity index (χ1v) is 31.7. The van der Waals surface area contributed by atoms with Gasteiger partial charge in [-0.3, -0.25) is 0 Å². The maximum Gasteiger partial charge on any atom is 0.252 e. The Hall–Kier alpha value is -8.37. The number of hydrogen-bond donors (Lipinski definition) is 0. The summed E-state index contributed by atoms with van der Waals surface area (Å²) in [6.07, 6.45) is 5.60. The molecule has 404 valence electrons. The molecule has 13 aromatic rings. The molecule has 2 aliphatic rings. The molecular weight excluding hydrogens is 1250 g/mol. The number of aromatic nitrogens is 2. The van der Waals surface area contributed by atoms with E-state index in [-0.39, 0.29) is 6.71 Å². The normalized spacial score (nSPS) is 12.9. The maximum absolute atomic E-state index is 10.5. The monoisotopic (exact) mass is 1310 g/mol. The number of unbranched alkanes of at least 4 members (excludes halogenated alkanes) is 1. The summed E-state index contributed by atoms with van der Waals surface area (Å²) in [6.45, 7) is 6.97. The van der Waals surface area contributed by atoms with E-state index in [4.69, 9.17) is 0 Å². The predicted molar refractivity (Wildman–Crippen MR) is 372 cm³/mol. The lowest BCUT2D eigenvalue weighted by molar-refractivity contribution is 0.664. The molecule has 5 nitrogen and oxygen atoms in total. The van der Waals surface area contributed by atoms with Gasteiger partial charge in [-0.15, -0.1) is 0 Å². The first-order chi connectivity index (χ1) is 41.3. The Labute approximate surface area is 518 Å². The SMILES string of the molecule is CCCCc1cc(I)cc(N2c3ccccc3B3c4ccccc4N(c4cc(I)cc(C(C)CCC)c4)c4cc(-c5ccc6c(c5)c5ccccc5n6-c5ccccc5-c5cc(C#N)ccc5-n5c6ccccc6c6ccccc65)cc2c43)c1. The minimum atomic E-state index is 0.0115. The van der Waals surface area contributed by atoms with Crippen LogP contribution in [0.1, 0.15) is 69.1 Å². The fraction of sp³-hybridized carbons (Fsp3) is 0.118. The van der Waals surface area contributed by atoms with Crippen molar-refractivity contribution in [1.29, 1.82) is 5.26 Å². The summed E-state index contributed by atoms with van der Waals surface area (Å²) in [5, 5.41) is 15.3. The van der Waals surface area contributed by atoms with E-state index in [1.54, 1.807) is 0 Å². The second-order valence-electron chi connectivity index (χ2n) is 22.8. The van der Waals surface area contributed by atoms with Gasteiger partial charge in [0.1, 0.15) is 0 Å². The van der Waals surface area contributed by atoms with Crippen LogP contribution in [0, 0.1) is 18.5 Å². The van der Waals surface area contributed by atoms with Crippen molar-refractivity contribution in [1.82, 2.24) is 9.13 Å². The van der Waals surface area contributed by atoms with E-state index >= 15 is 0 Å². The van der Waals surface area contributed by atoms with Gasteiger partial charge in [-0.2, -0.15) is 5.26 Å². The standard InChI is InChI=1S/C76H58BI2N5/c1-4-6-20-49-37-54(78)45-56(38-49)81-72-31-17-11-25-64(72)77-65-26-12-18-32-73(65)82(57-41-52(40-55(79)46-57)48(3)19-5-2)75-44-53(43-74(81)76(75)77)51-34-36-71-63(42-51)61-24-10-16-30-69(61)84(71)68-29-15-9-23-60(68)62-39-50(47-80)33-35-70(62)83-66-27-13-7-21-58(66)59-22-8-14-28-67(59)83/h7-18,21-46,48H,4-6,19-20H2,1-3H3. The van der Waals surface area contributed by atoms with Gasteiger partial charge in [0, 0.05) is 73.9 Å². The molecule has 0 amide bonds. The number of para-hydroxylation sites is 6. The highest BCUT2D eigenvalue weighted by molar-refractivity contribution is 14.1. The molecule has 1 atom stereocenters. The molecule has 0 radical (unpaired) electrons. The van der Waals surface area contributed by atoms with E-state index < -0.39 is 0 Å². The highest BCUT2D eigenvalue weighted by Gasteiger charge is 2.44. The molecule has 11 aromatic carbocycles. The average molecular weight is 1310 g/mol. The van der Waals surface area contributed by atoms with Crippen molar-refractivity contribution < 1.29 is 0 Å². The van der Waals surface area contributed by atoms with Crippen LogP contribution in [-0.4, -0.2) is 15.8 Å². The number of halogens is 2. The smallest absolute Gasteiger partial charge is 0.252 e. The summed E-state index contributed by atoms with van der Waals surface area (Å²) in [5.74, 6) is 0.423. The molecule has 1 unspecified atom stereocenters. The summed E-state index contributed by atoms with van der Waals surface area (Å²) in [4.78, 5) is 5.17. The minimum absolute atomic E-state index is 0.0115.